The van der Waals surface area contributed by atoms with E-state index in [1.165, 1.54) is 28.4 Å². The Kier molecular flexibility index (Phi) is 5.35. The summed E-state index contributed by atoms with van der Waals surface area (Å²) >= 11 is 3.97. The van der Waals surface area contributed by atoms with E-state index in [-0.39, 0.29) is 6.04 Å². The first-order chi connectivity index (χ1) is 8.31. The van der Waals surface area contributed by atoms with E-state index in [4.69, 9.17) is 10.5 Å². The van der Waals surface area contributed by atoms with Crippen LogP contribution in [0.1, 0.15) is 40.6 Å². The summed E-state index contributed by atoms with van der Waals surface area (Å²) < 4.78 is 5.05. The number of unbranched alkanes of at least 4 members (excludes halogenated alkanes) is 1. The smallest absolute Gasteiger partial charge is 0.0462 e. The van der Waals surface area contributed by atoms with Crippen LogP contribution in [0.3, 0.4) is 0 Å². The number of fused-ring (bicyclic) bond motifs is 1. The zero-order valence-corrected chi connectivity index (χ0v) is 12.0. The van der Waals surface area contributed by atoms with Crippen LogP contribution in [0.25, 0.3) is 0 Å². The highest BCUT2D eigenvalue weighted by atomic mass is 32.2. The number of rotatable bonds is 6. The second-order valence-corrected chi connectivity index (χ2v) is 6.77. The van der Waals surface area contributed by atoms with Gasteiger partial charge in [-0.3, -0.25) is 0 Å². The van der Waals surface area contributed by atoms with Gasteiger partial charge in [-0.05, 0) is 43.1 Å². The van der Waals surface area contributed by atoms with Crippen LogP contribution in [0.2, 0.25) is 0 Å². The number of methoxy groups -OCH3 is 1. The maximum absolute atomic E-state index is 6.25. The first-order valence-electron chi connectivity index (χ1n) is 6.25. The molecule has 0 saturated carbocycles. The quantitative estimate of drug-likeness (QED) is 0.806. The Morgan fingerprint density at radius 2 is 2.35 bits per heavy atom. The molecule has 0 saturated heterocycles. The third-order valence-electron chi connectivity index (χ3n) is 3.13. The fourth-order valence-electron chi connectivity index (χ4n) is 2.11. The van der Waals surface area contributed by atoms with E-state index in [1.54, 1.807) is 12.0 Å². The number of thioether (sulfide) groups is 1. The van der Waals surface area contributed by atoms with E-state index in [9.17, 15) is 0 Å². The highest BCUT2D eigenvalue weighted by Crippen LogP contribution is 2.34. The SMILES string of the molecule is COCCCCC(N)c1cc2c(s1)CCSC2. The van der Waals surface area contributed by atoms with Crippen LogP contribution in [-0.4, -0.2) is 19.5 Å². The zero-order chi connectivity index (χ0) is 12.1. The van der Waals surface area contributed by atoms with Crippen LogP contribution in [0.5, 0.6) is 0 Å². The second kappa shape index (κ2) is 6.78. The highest BCUT2D eigenvalue weighted by molar-refractivity contribution is 7.98. The monoisotopic (exact) mass is 271 g/mol. The van der Waals surface area contributed by atoms with Crippen LogP contribution in [0.4, 0.5) is 0 Å². The van der Waals surface area contributed by atoms with Crippen molar-refractivity contribution in [2.75, 3.05) is 19.5 Å². The lowest BCUT2D eigenvalue weighted by Gasteiger charge is -2.08. The minimum atomic E-state index is 0.229. The van der Waals surface area contributed by atoms with Gasteiger partial charge in [0.25, 0.3) is 0 Å². The molecule has 1 aliphatic rings. The van der Waals surface area contributed by atoms with Crippen molar-refractivity contribution in [2.45, 2.75) is 37.5 Å². The lowest BCUT2D eigenvalue weighted by Crippen LogP contribution is -2.08. The predicted molar refractivity (Wildman–Crippen MR) is 76.8 cm³/mol. The van der Waals surface area contributed by atoms with Crippen LogP contribution in [0, 0.1) is 0 Å². The molecule has 1 atom stereocenters. The Balaban J connectivity index is 1.86. The van der Waals surface area contributed by atoms with E-state index in [0.717, 1.165) is 25.9 Å². The largest absolute Gasteiger partial charge is 0.385 e. The summed E-state index contributed by atoms with van der Waals surface area (Å²) in [4.78, 5) is 2.96. The van der Waals surface area contributed by atoms with Gasteiger partial charge in [-0.25, -0.2) is 0 Å². The fraction of sp³-hybridized carbons (Fsp3) is 0.692. The lowest BCUT2D eigenvalue weighted by atomic mass is 10.1. The van der Waals surface area contributed by atoms with Crippen molar-refractivity contribution < 1.29 is 4.74 Å². The molecule has 0 aromatic carbocycles. The topological polar surface area (TPSA) is 35.2 Å². The van der Waals surface area contributed by atoms with Crippen LogP contribution in [-0.2, 0) is 16.9 Å². The van der Waals surface area contributed by atoms with Gasteiger partial charge in [0.15, 0.2) is 0 Å². The number of ether oxygens (including phenoxy) is 1. The standard InChI is InChI=1S/C13H21NOS2/c1-15-6-3-2-4-11(14)13-8-10-9-16-7-5-12(10)17-13/h8,11H,2-7,9,14H2,1H3. The molecule has 17 heavy (non-hydrogen) atoms. The summed E-state index contributed by atoms with van der Waals surface area (Å²) in [7, 11) is 1.75. The molecule has 1 aromatic heterocycles. The van der Waals surface area contributed by atoms with Crippen LogP contribution < -0.4 is 5.73 Å². The zero-order valence-electron chi connectivity index (χ0n) is 10.4. The van der Waals surface area contributed by atoms with Gasteiger partial charge in [0.05, 0.1) is 0 Å². The molecule has 1 aliphatic heterocycles. The van der Waals surface area contributed by atoms with Crippen molar-refractivity contribution in [3.63, 3.8) is 0 Å². The Morgan fingerprint density at radius 3 is 3.12 bits per heavy atom. The summed E-state index contributed by atoms with van der Waals surface area (Å²) in [6, 6.07) is 2.57. The molecule has 2 rings (SSSR count). The predicted octanol–water partition coefficient (Wildman–Crippen LogP) is 3.35. The maximum Gasteiger partial charge on any atom is 0.0462 e. The van der Waals surface area contributed by atoms with Crippen LogP contribution >= 0.6 is 23.1 Å². The molecule has 0 bridgehead atoms. The molecule has 2 N–H and O–H groups in total. The summed E-state index contributed by atoms with van der Waals surface area (Å²) in [5.41, 5.74) is 7.79. The molecule has 1 aromatic rings. The summed E-state index contributed by atoms with van der Waals surface area (Å²) in [6.07, 6.45) is 4.59. The average Bonchev–Trinajstić information content (AvgIpc) is 2.78. The minimum Gasteiger partial charge on any atom is -0.385 e. The number of aryl methyl sites for hydroxylation is 1. The summed E-state index contributed by atoms with van der Waals surface area (Å²) in [6.45, 7) is 0.851. The van der Waals surface area contributed by atoms with Gasteiger partial charge in [-0.15, -0.1) is 11.3 Å². The number of hydrogen-bond acceptors (Lipinski definition) is 4. The number of hydrogen-bond donors (Lipinski definition) is 1. The van der Waals surface area contributed by atoms with Gasteiger partial charge >= 0.3 is 0 Å². The van der Waals surface area contributed by atoms with E-state index in [0.29, 0.717) is 0 Å². The number of nitrogens with two attached hydrogens (primary N) is 1. The van der Waals surface area contributed by atoms with Gasteiger partial charge in [0.2, 0.25) is 0 Å². The first kappa shape index (κ1) is 13.4. The van der Waals surface area contributed by atoms with E-state index in [2.05, 4.69) is 6.07 Å². The molecule has 0 aliphatic carbocycles. The Bertz CT molecular complexity index is 328. The van der Waals surface area contributed by atoms with E-state index in [1.807, 2.05) is 23.1 Å². The summed E-state index contributed by atoms with van der Waals surface area (Å²) in [5, 5.41) is 0. The lowest BCUT2D eigenvalue weighted by molar-refractivity contribution is 0.191. The molecular formula is C13H21NOS2. The highest BCUT2D eigenvalue weighted by Gasteiger charge is 2.16. The van der Waals surface area contributed by atoms with Crippen molar-refractivity contribution in [1.82, 2.24) is 0 Å². The third-order valence-corrected chi connectivity index (χ3v) is 5.50. The molecule has 1 unspecified atom stereocenters. The van der Waals surface area contributed by atoms with Gasteiger partial charge < -0.3 is 10.5 Å². The molecule has 0 amide bonds. The van der Waals surface area contributed by atoms with Crippen molar-refractivity contribution in [1.29, 1.82) is 0 Å². The van der Waals surface area contributed by atoms with Crippen molar-refractivity contribution >= 4 is 23.1 Å². The normalized spacial score (nSPS) is 16.8. The fourth-order valence-corrected chi connectivity index (χ4v) is 4.52. The minimum absolute atomic E-state index is 0.229. The third kappa shape index (κ3) is 3.71. The van der Waals surface area contributed by atoms with Gasteiger partial charge in [-0.2, -0.15) is 11.8 Å². The van der Waals surface area contributed by atoms with E-state index < -0.39 is 0 Å². The molecular weight excluding hydrogens is 250 g/mol. The molecule has 2 heterocycles. The van der Waals surface area contributed by atoms with Gasteiger partial charge in [-0.1, -0.05) is 0 Å². The van der Waals surface area contributed by atoms with E-state index >= 15 is 0 Å². The van der Waals surface area contributed by atoms with Crippen molar-refractivity contribution in [2.24, 2.45) is 5.73 Å². The Hall–Kier alpha value is -0.0300. The van der Waals surface area contributed by atoms with Gasteiger partial charge in [0.1, 0.15) is 0 Å². The second-order valence-electron chi connectivity index (χ2n) is 4.49. The first-order valence-corrected chi connectivity index (χ1v) is 8.22. The van der Waals surface area contributed by atoms with Crippen molar-refractivity contribution in [3.05, 3.63) is 21.4 Å². The molecule has 0 radical (unpaired) electrons. The maximum atomic E-state index is 6.25. The molecule has 2 nitrogen and oxygen atoms in total. The Labute approximate surface area is 112 Å². The van der Waals surface area contributed by atoms with Crippen LogP contribution in [0.15, 0.2) is 6.07 Å². The molecule has 4 heteroatoms. The Morgan fingerprint density at radius 1 is 1.47 bits per heavy atom. The summed E-state index contributed by atoms with van der Waals surface area (Å²) in [5.74, 6) is 2.46. The van der Waals surface area contributed by atoms with Crippen molar-refractivity contribution in [3.8, 4) is 0 Å². The molecule has 0 spiro atoms. The average molecular weight is 271 g/mol. The molecule has 0 fully saturated rings. The van der Waals surface area contributed by atoms with Gasteiger partial charge in [0, 0.05) is 35.3 Å². The number of thiophene rings is 1. The molecule has 96 valence electrons.